The van der Waals surface area contributed by atoms with Crippen LogP contribution in [0.25, 0.3) is 0 Å². The number of carbonyl (C=O) groups is 1. The van der Waals surface area contributed by atoms with Crippen molar-refractivity contribution in [2.24, 2.45) is 0 Å². The Morgan fingerprint density at radius 2 is 1.96 bits per heavy atom. The summed E-state index contributed by atoms with van der Waals surface area (Å²) in [5.74, 6) is 0.292. The summed E-state index contributed by atoms with van der Waals surface area (Å²) in [6, 6.07) is 3.84. The SMILES string of the molecule is CCCCOc1ccc(C)c([C@H](OC(C)(C)C)C(=O)OC)c1Br. The van der Waals surface area contributed by atoms with Crippen molar-refractivity contribution in [3.63, 3.8) is 0 Å². The Labute approximate surface area is 147 Å². The van der Waals surface area contributed by atoms with E-state index >= 15 is 0 Å². The molecule has 0 unspecified atom stereocenters. The van der Waals surface area contributed by atoms with Crippen LogP contribution in [-0.4, -0.2) is 25.3 Å². The second kappa shape index (κ2) is 8.69. The van der Waals surface area contributed by atoms with Gasteiger partial charge in [-0.15, -0.1) is 0 Å². The van der Waals surface area contributed by atoms with E-state index in [4.69, 9.17) is 14.2 Å². The molecule has 0 spiro atoms. The van der Waals surface area contributed by atoms with E-state index in [0.29, 0.717) is 12.4 Å². The Morgan fingerprint density at radius 1 is 1.30 bits per heavy atom. The van der Waals surface area contributed by atoms with Crippen molar-refractivity contribution in [3.05, 3.63) is 27.7 Å². The Bertz CT molecular complexity index is 535. The molecular formula is C18H27BrO4. The lowest BCUT2D eigenvalue weighted by atomic mass is 10.0. The maximum atomic E-state index is 12.3. The van der Waals surface area contributed by atoms with Gasteiger partial charge in [0.25, 0.3) is 0 Å². The Balaban J connectivity index is 3.23. The van der Waals surface area contributed by atoms with Gasteiger partial charge in [-0.05, 0) is 61.7 Å². The highest BCUT2D eigenvalue weighted by Crippen LogP contribution is 2.38. The van der Waals surface area contributed by atoms with Gasteiger partial charge in [-0.3, -0.25) is 0 Å². The van der Waals surface area contributed by atoms with Crippen molar-refractivity contribution in [1.82, 2.24) is 0 Å². The summed E-state index contributed by atoms with van der Waals surface area (Å²) in [6.07, 6.45) is 1.24. The Morgan fingerprint density at radius 3 is 2.48 bits per heavy atom. The number of benzene rings is 1. The lowest BCUT2D eigenvalue weighted by molar-refractivity contribution is -0.164. The van der Waals surface area contributed by atoms with Gasteiger partial charge < -0.3 is 14.2 Å². The van der Waals surface area contributed by atoms with E-state index in [1.807, 2.05) is 39.8 Å². The second-order valence-corrected chi connectivity index (χ2v) is 7.24. The molecule has 0 aliphatic rings. The first-order valence-electron chi connectivity index (χ1n) is 7.88. The minimum atomic E-state index is -0.802. The lowest BCUT2D eigenvalue weighted by Gasteiger charge is -2.28. The fourth-order valence-corrected chi connectivity index (χ4v) is 2.88. The summed E-state index contributed by atoms with van der Waals surface area (Å²) in [5.41, 5.74) is 1.21. The van der Waals surface area contributed by atoms with Crippen LogP contribution in [0.2, 0.25) is 0 Å². The molecule has 0 aliphatic carbocycles. The van der Waals surface area contributed by atoms with Crippen LogP contribution >= 0.6 is 15.9 Å². The number of methoxy groups -OCH3 is 1. The second-order valence-electron chi connectivity index (χ2n) is 6.44. The molecule has 0 heterocycles. The van der Waals surface area contributed by atoms with Crippen molar-refractivity contribution in [3.8, 4) is 5.75 Å². The zero-order chi connectivity index (χ0) is 17.6. The number of hydrogen-bond donors (Lipinski definition) is 0. The van der Waals surface area contributed by atoms with E-state index in [1.165, 1.54) is 7.11 Å². The summed E-state index contributed by atoms with van der Waals surface area (Å²) >= 11 is 3.58. The molecule has 0 amide bonds. The van der Waals surface area contributed by atoms with Gasteiger partial charge in [0.05, 0.1) is 23.8 Å². The van der Waals surface area contributed by atoms with Crippen LogP contribution in [0.1, 0.15) is 57.8 Å². The summed E-state index contributed by atoms with van der Waals surface area (Å²) in [5, 5.41) is 0. The molecule has 1 aromatic rings. The van der Waals surface area contributed by atoms with E-state index in [2.05, 4.69) is 22.9 Å². The Hall–Kier alpha value is -1.07. The molecule has 0 saturated carbocycles. The molecule has 0 N–H and O–H groups in total. The first kappa shape index (κ1) is 20.0. The predicted octanol–water partition coefficient (Wildman–Crippen LogP) is 4.97. The number of hydrogen-bond acceptors (Lipinski definition) is 4. The van der Waals surface area contributed by atoms with Crippen molar-refractivity contribution >= 4 is 21.9 Å². The van der Waals surface area contributed by atoms with Crippen LogP contribution < -0.4 is 4.74 Å². The monoisotopic (exact) mass is 386 g/mol. The number of rotatable bonds is 7. The van der Waals surface area contributed by atoms with Crippen molar-refractivity contribution in [2.75, 3.05) is 13.7 Å². The standard InChI is InChI=1S/C18H27BrO4/c1-7-8-11-22-13-10-9-12(2)14(15(13)19)16(17(20)21-6)23-18(3,4)5/h9-10,16H,7-8,11H2,1-6H3/t16-/m0/s1. The highest BCUT2D eigenvalue weighted by molar-refractivity contribution is 9.10. The minimum absolute atomic E-state index is 0.422. The molecule has 0 bridgehead atoms. The largest absolute Gasteiger partial charge is 0.492 e. The highest BCUT2D eigenvalue weighted by atomic mass is 79.9. The van der Waals surface area contributed by atoms with Crippen LogP contribution in [0.5, 0.6) is 5.75 Å². The minimum Gasteiger partial charge on any atom is -0.492 e. The number of carbonyl (C=O) groups excluding carboxylic acids is 1. The van der Waals surface area contributed by atoms with E-state index < -0.39 is 17.7 Å². The molecular weight excluding hydrogens is 360 g/mol. The van der Waals surface area contributed by atoms with Crippen LogP contribution in [-0.2, 0) is 14.3 Å². The van der Waals surface area contributed by atoms with Gasteiger partial charge in [0.1, 0.15) is 5.75 Å². The number of aryl methyl sites for hydroxylation is 1. The van der Waals surface area contributed by atoms with Gasteiger partial charge in [-0.2, -0.15) is 0 Å². The highest BCUT2D eigenvalue weighted by Gasteiger charge is 2.31. The molecule has 5 heteroatoms. The van der Waals surface area contributed by atoms with Gasteiger partial charge in [0.2, 0.25) is 0 Å². The third-order valence-corrected chi connectivity index (χ3v) is 4.08. The summed E-state index contributed by atoms with van der Waals surface area (Å²) in [6.45, 7) is 10.4. The molecule has 0 fully saturated rings. The zero-order valence-corrected chi connectivity index (χ0v) is 16.5. The van der Waals surface area contributed by atoms with E-state index in [1.54, 1.807) is 0 Å². The first-order valence-corrected chi connectivity index (χ1v) is 8.68. The van der Waals surface area contributed by atoms with E-state index in [9.17, 15) is 4.79 Å². The average molecular weight is 387 g/mol. The van der Waals surface area contributed by atoms with Crippen LogP contribution in [0.3, 0.4) is 0 Å². The molecule has 130 valence electrons. The maximum Gasteiger partial charge on any atom is 0.339 e. The molecule has 1 atom stereocenters. The van der Waals surface area contributed by atoms with Crippen LogP contribution in [0.15, 0.2) is 16.6 Å². The smallest absolute Gasteiger partial charge is 0.339 e. The summed E-state index contributed by atoms with van der Waals surface area (Å²) < 4.78 is 17.4. The molecule has 1 rings (SSSR count). The van der Waals surface area contributed by atoms with Gasteiger partial charge in [-0.25, -0.2) is 4.79 Å². The quantitative estimate of drug-likeness (QED) is 0.490. The fourth-order valence-electron chi connectivity index (χ4n) is 2.11. The van der Waals surface area contributed by atoms with Gasteiger partial charge >= 0.3 is 5.97 Å². The number of ether oxygens (including phenoxy) is 3. The fraction of sp³-hybridized carbons (Fsp3) is 0.611. The van der Waals surface area contributed by atoms with Gasteiger partial charge in [0, 0.05) is 5.56 Å². The predicted molar refractivity (Wildman–Crippen MR) is 94.9 cm³/mol. The Kier molecular flexibility index (Phi) is 7.55. The van der Waals surface area contributed by atoms with Crippen molar-refractivity contribution < 1.29 is 19.0 Å². The van der Waals surface area contributed by atoms with E-state index in [-0.39, 0.29) is 0 Å². The van der Waals surface area contributed by atoms with Crippen molar-refractivity contribution in [2.45, 2.75) is 59.2 Å². The average Bonchev–Trinajstić information content (AvgIpc) is 2.46. The zero-order valence-electron chi connectivity index (χ0n) is 14.9. The molecule has 0 saturated heterocycles. The third kappa shape index (κ3) is 5.81. The number of esters is 1. The van der Waals surface area contributed by atoms with Crippen LogP contribution in [0, 0.1) is 6.92 Å². The number of unbranched alkanes of at least 4 members (excludes halogenated alkanes) is 1. The normalized spacial score (nSPS) is 12.8. The topological polar surface area (TPSA) is 44.8 Å². The summed E-state index contributed by atoms with van der Waals surface area (Å²) in [7, 11) is 1.37. The molecule has 0 aromatic heterocycles. The molecule has 1 aromatic carbocycles. The lowest BCUT2D eigenvalue weighted by Crippen LogP contribution is -2.29. The molecule has 23 heavy (non-hydrogen) atoms. The molecule has 0 aliphatic heterocycles. The van der Waals surface area contributed by atoms with Gasteiger partial charge in [-0.1, -0.05) is 19.4 Å². The summed E-state index contributed by atoms with van der Waals surface area (Å²) in [4.78, 5) is 12.3. The van der Waals surface area contributed by atoms with Crippen LogP contribution in [0.4, 0.5) is 0 Å². The molecule has 0 radical (unpaired) electrons. The van der Waals surface area contributed by atoms with E-state index in [0.717, 1.165) is 28.4 Å². The number of halogens is 1. The molecule has 4 nitrogen and oxygen atoms in total. The third-order valence-electron chi connectivity index (χ3n) is 3.27. The van der Waals surface area contributed by atoms with Gasteiger partial charge in [0.15, 0.2) is 6.10 Å². The first-order chi connectivity index (χ1) is 10.7. The van der Waals surface area contributed by atoms with Crippen molar-refractivity contribution in [1.29, 1.82) is 0 Å². The maximum absolute atomic E-state index is 12.3.